The Balaban J connectivity index is 1.87. The van der Waals surface area contributed by atoms with Crippen LogP contribution in [0.1, 0.15) is 5.56 Å². The van der Waals surface area contributed by atoms with Crippen molar-refractivity contribution in [1.82, 2.24) is 0 Å². The third kappa shape index (κ3) is 4.41. The lowest BCUT2D eigenvalue weighted by Gasteiger charge is -2.05. The lowest BCUT2D eigenvalue weighted by molar-refractivity contribution is 0.0511. The first kappa shape index (κ1) is 13.6. The van der Waals surface area contributed by atoms with Crippen molar-refractivity contribution in [2.24, 2.45) is 0 Å². The predicted molar refractivity (Wildman–Crippen MR) is 74.4 cm³/mol. The van der Waals surface area contributed by atoms with Gasteiger partial charge in [0.05, 0.1) is 0 Å². The Labute approximate surface area is 113 Å². The molecule has 2 aromatic carbocycles. The average Bonchev–Trinajstić information content (AvgIpc) is 2.46. The summed E-state index contributed by atoms with van der Waals surface area (Å²) in [6.45, 7) is 0.251. The Morgan fingerprint density at radius 3 is 2.32 bits per heavy atom. The van der Waals surface area contributed by atoms with Crippen LogP contribution in [0.15, 0.2) is 48.5 Å². The van der Waals surface area contributed by atoms with Crippen LogP contribution in [0.5, 0.6) is 5.75 Å². The van der Waals surface area contributed by atoms with Crippen LogP contribution in [-0.2, 0) is 11.1 Å². The number of rotatable bonds is 6. The zero-order valence-electron chi connectivity index (χ0n) is 10.8. The van der Waals surface area contributed by atoms with Crippen molar-refractivity contribution >= 4 is 12.7 Å². The predicted octanol–water partition coefficient (Wildman–Crippen LogP) is 2.34. The average molecular weight is 257 g/mol. The van der Waals surface area contributed by atoms with Crippen LogP contribution in [-0.4, -0.2) is 21.2 Å². The Hall–Kier alpha value is -1.81. The van der Waals surface area contributed by atoms with Gasteiger partial charge < -0.3 is 9.47 Å². The zero-order valence-corrected chi connectivity index (χ0v) is 10.8. The Morgan fingerprint density at radius 1 is 1.00 bits per heavy atom. The van der Waals surface area contributed by atoms with Crippen LogP contribution in [0.4, 0.5) is 4.39 Å². The van der Waals surface area contributed by atoms with Gasteiger partial charge >= 0.3 is 0 Å². The van der Waals surface area contributed by atoms with Crippen molar-refractivity contribution in [3.63, 3.8) is 0 Å². The van der Waals surface area contributed by atoms with E-state index in [1.54, 1.807) is 19.2 Å². The molecule has 0 aromatic heterocycles. The van der Waals surface area contributed by atoms with Gasteiger partial charge in [0.2, 0.25) is 0 Å². The second-order valence-corrected chi connectivity index (χ2v) is 4.15. The molecule has 19 heavy (non-hydrogen) atoms. The number of hydrogen-bond donors (Lipinski definition) is 0. The molecule has 2 nitrogen and oxygen atoms in total. The summed E-state index contributed by atoms with van der Waals surface area (Å²) >= 11 is 0. The lowest BCUT2D eigenvalue weighted by atomic mass is 9.65. The van der Waals surface area contributed by atoms with Crippen LogP contribution >= 0.6 is 0 Å². The van der Waals surface area contributed by atoms with Gasteiger partial charge in [0, 0.05) is 7.11 Å². The van der Waals surface area contributed by atoms with Crippen LogP contribution < -0.4 is 10.2 Å². The summed E-state index contributed by atoms with van der Waals surface area (Å²) in [6.07, 6.45) is 0.802. The van der Waals surface area contributed by atoms with E-state index in [-0.39, 0.29) is 12.6 Å². The quantitative estimate of drug-likeness (QED) is 0.584. The van der Waals surface area contributed by atoms with Gasteiger partial charge in [-0.05, 0) is 30.6 Å². The Kier molecular flexibility index (Phi) is 4.98. The number of methoxy groups -OCH3 is 1. The standard InChI is InChI=1S/C15H15BFO2/c1-18-11-19-15-8-2-12(3-9-15)10-16-13-4-6-14(17)7-5-13/h2-9H,10-11H2,1H3. The molecule has 0 saturated carbocycles. The van der Waals surface area contributed by atoms with Crippen molar-refractivity contribution in [3.8, 4) is 5.75 Å². The molecular formula is C15H15BFO2. The molecule has 0 aliphatic heterocycles. The molecule has 1 radical (unpaired) electrons. The maximum Gasteiger partial charge on any atom is 0.188 e. The number of ether oxygens (including phenoxy) is 2. The fraction of sp³-hybridized carbons (Fsp3) is 0.200. The van der Waals surface area contributed by atoms with Crippen molar-refractivity contribution in [2.45, 2.75) is 6.32 Å². The third-order valence-corrected chi connectivity index (χ3v) is 2.71. The zero-order chi connectivity index (χ0) is 13.5. The van der Waals surface area contributed by atoms with E-state index in [9.17, 15) is 4.39 Å². The summed E-state index contributed by atoms with van der Waals surface area (Å²) in [5.41, 5.74) is 2.19. The van der Waals surface area contributed by atoms with E-state index in [4.69, 9.17) is 9.47 Å². The lowest BCUT2D eigenvalue weighted by Crippen LogP contribution is -2.16. The van der Waals surface area contributed by atoms with E-state index in [0.717, 1.165) is 17.5 Å². The maximum absolute atomic E-state index is 12.8. The molecule has 0 saturated heterocycles. The third-order valence-electron chi connectivity index (χ3n) is 2.71. The highest BCUT2D eigenvalue weighted by molar-refractivity contribution is 6.52. The molecule has 0 aliphatic carbocycles. The van der Waals surface area contributed by atoms with Gasteiger partial charge in [0.1, 0.15) is 11.6 Å². The smallest absolute Gasteiger partial charge is 0.188 e. The largest absolute Gasteiger partial charge is 0.468 e. The van der Waals surface area contributed by atoms with Crippen molar-refractivity contribution in [3.05, 3.63) is 59.9 Å². The highest BCUT2D eigenvalue weighted by Crippen LogP contribution is 2.12. The molecule has 2 aromatic rings. The summed E-state index contributed by atoms with van der Waals surface area (Å²) in [4.78, 5) is 0. The van der Waals surface area contributed by atoms with E-state index in [2.05, 4.69) is 7.28 Å². The van der Waals surface area contributed by atoms with Gasteiger partial charge in [-0.25, -0.2) is 4.39 Å². The first-order chi connectivity index (χ1) is 9.28. The van der Waals surface area contributed by atoms with Crippen LogP contribution in [0.2, 0.25) is 0 Å². The molecule has 97 valence electrons. The molecule has 4 heteroatoms. The van der Waals surface area contributed by atoms with Crippen molar-refractivity contribution in [1.29, 1.82) is 0 Å². The normalized spacial score (nSPS) is 10.2. The van der Waals surface area contributed by atoms with Crippen LogP contribution in [0.3, 0.4) is 0 Å². The highest BCUT2D eigenvalue weighted by atomic mass is 19.1. The highest BCUT2D eigenvalue weighted by Gasteiger charge is 1.99. The monoisotopic (exact) mass is 257 g/mol. The Bertz CT molecular complexity index is 497. The van der Waals surface area contributed by atoms with Gasteiger partial charge in [-0.15, -0.1) is 0 Å². The molecule has 0 aliphatic rings. The van der Waals surface area contributed by atoms with Gasteiger partial charge in [-0.3, -0.25) is 0 Å². The summed E-state index contributed by atoms with van der Waals surface area (Å²) < 4.78 is 22.9. The minimum absolute atomic E-state index is 0.211. The number of hydrogen-bond acceptors (Lipinski definition) is 2. The summed E-state index contributed by atoms with van der Waals surface area (Å²) in [7, 11) is 3.65. The topological polar surface area (TPSA) is 18.5 Å². The van der Waals surface area contributed by atoms with Gasteiger partial charge in [-0.2, -0.15) is 0 Å². The molecule has 0 atom stereocenters. The second-order valence-electron chi connectivity index (χ2n) is 4.15. The molecule has 0 unspecified atom stereocenters. The molecule has 0 bridgehead atoms. The second kappa shape index (κ2) is 6.95. The van der Waals surface area contributed by atoms with Gasteiger partial charge in [0.15, 0.2) is 14.1 Å². The maximum atomic E-state index is 12.8. The summed E-state index contributed by atoms with van der Waals surface area (Å²) in [5.74, 6) is 0.573. The van der Waals surface area contributed by atoms with Crippen LogP contribution in [0, 0.1) is 5.82 Å². The van der Waals surface area contributed by atoms with E-state index in [0.29, 0.717) is 0 Å². The van der Waals surface area contributed by atoms with Crippen molar-refractivity contribution in [2.75, 3.05) is 13.9 Å². The molecule has 0 spiro atoms. The first-order valence-electron chi connectivity index (χ1n) is 6.07. The van der Waals surface area contributed by atoms with Crippen molar-refractivity contribution < 1.29 is 13.9 Å². The molecule has 0 fully saturated rings. The van der Waals surface area contributed by atoms with E-state index in [1.165, 1.54) is 17.7 Å². The SMILES string of the molecule is COCOc1ccc(C[B]c2ccc(F)cc2)cc1. The minimum atomic E-state index is -0.211. The van der Waals surface area contributed by atoms with Crippen LogP contribution in [0.25, 0.3) is 0 Å². The first-order valence-corrected chi connectivity index (χ1v) is 6.07. The molecular weight excluding hydrogens is 242 g/mol. The fourth-order valence-corrected chi connectivity index (χ4v) is 1.68. The van der Waals surface area contributed by atoms with E-state index < -0.39 is 0 Å². The molecule has 0 N–H and O–H groups in total. The summed E-state index contributed by atoms with van der Waals surface area (Å²) in [6, 6.07) is 14.3. The molecule has 2 rings (SSSR count). The van der Waals surface area contributed by atoms with Gasteiger partial charge in [-0.1, -0.05) is 35.3 Å². The minimum Gasteiger partial charge on any atom is -0.468 e. The Morgan fingerprint density at radius 2 is 1.68 bits per heavy atom. The molecule has 0 heterocycles. The van der Waals surface area contributed by atoms with E-state index >= 15 is 0 Å². The number of benzene rings is 2. The fourth-order valence-electron chi connectivity index (χ4n) is 1.68. The molecule has 0 amide bonds. The van der Waals surface area contributed by atoms with E-state index in [1.807, 2.05) is 24.3 Å². The number of halogens is 1. The summed E-state index contributed by atoms with van der Waals surface area (Å²) in [5, 5.41) is 0. The van der Waals surface area contributed by atoms with Gasteiger partial charge in [0.25, 0.3) is 0 Å².